The van der Waals surface area contributed by atoms with Crippen LogP contribution < -0.4 is 10.1 Å². The van der Waals surface area contributed by atoms with Crippen LogP contribution in [0.5, 0.6) is 11.6 Å². The minimum absolute atomic E-state index is 0.211. The van der Waals surface area contributed by atoms with E-state index in [1.54, 1.807) is 37.4 Å². The number of rotatable bonds is 6. The molecule has 2 aromatic rings. The predicted molar refractivity (Wildman–Crippen MR) is 93.8 cm³/mol. The average Bonchev–Trinajstić information content (AvgIpc) is 2.57. The van der Waals surface area contributed by atoms with Gasteiger partial charge in [0.1, 0.15) is 5.75 Å². The summed E-state index contributed by atoms with van der Waals surface area (Å²) in [6.45, 7) is 5.10. The van der Waals surface area contributed by atoms with E-state index in [-0.39, 0.29) is 6.03 Å². The van der Waals surface area contributed by atoms with Gasteiger partial charge in [-0.2, -0.15) is 0 Å². The van der Waals surface area contributed by atoms with E-state index in [9.17, 15) is 4.79 Å². The molecule has 0 atom stereocenters. The van der Waals surface area contributed by atoms with Crippen molar-refractivity contribution in [2.45, 2.75) is 13.8 Å². The molecule has 0 aliphatic carbocycles. The normalized spacial score (nSPS) is 10.3. The van der Waals surface area contributed by atoms with Gasteiger partial charge in [0.15, 0.2) is 0 Å². The molecule has 0 unspecified atom stereocenters. The number of anilines is 1. The summed E-state index contributed by atoms with van der Waals surface area (Å²) in [7, 11) is 3.31. The fourth-order valence-electron chi connectivity index (χ4n) is 1.96. The van der Waals surface area contributed by atoms with Gasteiger partial charge < -0.3 is 19.7 Å². The Morgan fingerprint density at radius 2 is 2.00 bits per heavy atom. The molecule has 1 aromatic heterocycles. The summed E-state index contributed by atoms with van der Waals surface area (Å²) in [5.74, 6) is 1.21. The van der Waals surface area contributed by atoms with Crippen LogP contribution >= 0.6 is 0 Å². The molecule has 0 saturated carbocycles. The average molecular weight is 329 g/mol. The molecule has 0 radical (unpaired) electrons. The first kappa shape index (κ1) is 17.7. The molecule has 1 heterocycles. The second-order valence-corrected chi connectivity index (χ2v) is 5.58. The summed E-state index contributed by atoms with van der Waals surface area (Å²) in [5.41, 5.74) is 2.98. The number of pyridine rings is 1. The molecule has 6 nitrogen and oxygen atoms in total. The number of carbonyl (C=O) groups is 1. The number of ether oxygens (including phenoxy) is 2. The van der Waals surface area contributed by atoms with Crippen LogP contribution in [0.3, 0.4) is 0 Å². The van der Waals surface area contributed by atoms with Crippen LogP contribution in [-0.2, 0) is 4.74 Å². The van der Waals surface area contributed by atoms with Crippen molar-refractivity contribution < 1.29 is 14.3 Å². The van der Waals surface area contributed by atoms with Crippen LogP contribution in [0.1, 0.15) is 11.1 Å². The van der Waals surface area contributed by atoms with Crippen LogP contribution in [0, 0.1) is 13.8 Å². The molecule has 0 fully saturated rings. The van der Waals surface area contributed by atoms with E-state index in [0.29, 0.717) is 24.7 Å². The van der Waals surface area contributed by atoms with Gasteiger partial charge in [-0.1, -0.05) is 6.07 Å². The minimum atomic E-state index is -0.211. The van der Waals surface area contributed by atoms with Gasteiger partial charge in [-0.3, -0.25) is 0 Å². The summed E-state index contributed by atoms with van der Waals surface area (Å²) in [5, 5.41) is 2.77. The van der Waals surface area contributed by atoms with Gasteiger partial charge in [0.05, 0.1) is 18.5 Å². The van der Waals surface area contributed by atoms with Crippen molar-refractivity contribution in [3.63, 3.8) is 0 Å². The Morgan fingerprint density at radius 1 is 1.21 bits per heavy atom. The van der Waals surface area contributed by atoms with E-state index >= 15 is 0 Å². The fourth-order valence-corrected chi connectivity index (χ4v) is 1.96. The van der Waals surface area contributed by atoms with Crippen LogP contribution in [-0.4, -0.2) is 43.2 Å². The zero-order valence-electron chi connectivity index (χ0n) is 14.5. The molecule has 2 amide bonds. The molecule has 1 aromatic carbocycles. The number of aryl methyl sites for hydroxylation is 2. The number of aromatic nitrogens is 1. The number of nitrogens with one attached hydrogen (secondary N) is 1. The van der Waals surface area contributed by atoms with E-state index in [1.807, 2.05) is 25.1 Å². The van der Waals surface area contributed by atoms with Crippen molar-refractivity contribution in [3.8, 4) is 11.6 Å². The van der Waals surface area contributed by atoms with Crippen molar-refractivity contribution in [1.29, 1.82) is 0 Å². The zero-order valence-corrected chi connectivity index (χ0v) is 14.5. The van der Waals surface area contributed by atoms with E-state index in [0.717, 1.165) is 11.3 Å². The molecule has 0 aliphatic rings. The van der Waals surface area contributed by atoms with Crippen molar-refractivity contribution >= 4 is 11.7 Å². The smallest absolute Gasteiger partial charge is 0.321 e. The van der Waals surface area contributed by atoms with Crippen molar-refractivity contribution in [1.82, 2.24) is 9.88 Å². The summed E-state index contributed by atoms with van der Waals surface area (Å²) in [6.07, 6.45) is 1.57. The Bertz CT molecular complexity index is 686. The first-order valence-electron chi connectivity index (χ1n) is 7.72. The van der Waals surface area contributed by atoms with Crippen LogP contribution in [0.25, 0.3) is 0 Å². The van der Waals surface area contributed by atoms with Crippen molar-refractivity contribution in [3.05, 3.63) is 47.7 Å². The van der Waals surface area contributed by atoms with Crippen molar-refractivity contribution in [2.75, 3.05) is 32.6 Å². The van der Waals surface area contributed by atoms with E-state index in [4.69, 9.17) is 9.47 Å². The Morgan fingerprint density at radius 3 is 2.62 bits per heavy atom. The Labute approximate surface area is 142 Å². The largest absolute Gasteiger partial charge is 0.439 e. The fraction of sp³-hybridized carbons (Fsp3) is 0.333. The molecule has 6 heteroatoms. The van der Waals surface area contributed by atoms with Crippen LogP contribution in [0.2, 0.25) is 0 Å². The predicted octanol–water partition coefficient (Wildman–Crippen LogP) is 3.60. The minimum Gasteiger partial charge on any atom is -0.439 e. The second-order valence-electron chi connectivity index (χ2n) is 5.58. The van der Waals surface area contributed by atoms with E-state index in [1.165, 1.54) is 5.56 Å². The number of methoxy groups -OCH3 is 1. The first-order chi connectivity index (χ1) is 11.5. The number of urea groups is 1. The summed E-state index contributed by atoms with van der Waals surface area (Å²) in [6, 6.07) is 9.15. The van der Waals surface area contributed by atoms with Gasteiger partial charge in [0.2, 0.25) is 5.88 Å². The van der Waals surface area contributed by atoms with E-state index < -0.39 is 0 Å². The molecule has 0 aliphatic heterocycles. The van der Waals surface area contributed by atoms with Gasteiger partial charge in [-0.15, -0.1) is 0 Å². The van der Waals surface area contributed by atoms with Gasteiger partial charge in [0, 0.05) is 26.8 Å². The lowest BCUT2D eigenvalue weighted by Crippen LogP contribution is -2.33. The van der Waals surface area contributed by atoms with Gasteiger partial charge in [-0.25, -0.2) is 9.78 Å². The number of nitrogens with zero attached hydrogens (tertiary/aromatic N) is 2. The summed E-state index contributed by atoms with van der Waals surface area (Å²) >= 11 is 0. The molecular formula is C18H23N3O3. The highest BCUT2D eigenvalue weighted by Gasteiger charge is 2.09. The Hall–Kier alpha value is -2.60. The third-order valence-corrected chi connectivity index (χ3v) is 3.67. The number of amides is 2. The molecule has 0 saturated heterocycles. The quantitative estimate of drug-likeness (QED) is 0.879. The van der Waals surface area contributed by atoms with Gasteiger partial charge in [-0.05, 0) is 43.2 Å². The Kier molecular flexibility index (Phi) is 6.14. The molecule has 0 spiro atoms. The highest BCUT2D eigenvalue weighted by atomic mass is 16.5. The van der Waals surface area contributed by atoms with Crippen molar-refractivity contribution in [2.24, 2.45) is 0 Å². The third-order valence-electron chi connectivity index (χ3n) is 3.67. The molecule has 2 rings (SSSR count). The maximum Gasteiger partial charge on any atom is 0.321 e. The maximum atomic E-state index is 12.0. The van der Waals surface area contributed by atoms with Crippen LogP contribution in [0.4, 0.5) is 10.5 Å². The lowest BCUT2D eigenvalue weighted by molar-refractivity contribution is 0.165. The van der Waals surface area contributed by atoms with E-state index in [2.05, 4.69) is 17.2 Å². The lowest BCUT2D eigenvalue weighted by Gasteiger charge is -2.17. The molecular weight excluding hydrogens is 306 g/mol. The highest BCUT2D eigenvalue weighted by Crippen LogP contribution is 2.23. The van der Waals surface area contributed by atoms with Crippen LogP contribution in [0.15, 0.2) is 36.5 Å². The SMILES string of the molecule is COCCN(C)C(=O)Nc1ccc(Oc2ccc(C)c(C)c2)nc1. The third kappa shape index (κ3) is 4.96. The lowest BCUT2D eigenvalue weighted by atomic mass is 10.1. The monoisotopic (exact) mass is 329 g/mol. The number of hydrogen-bond donors (Lipinski definition) is 1. The second kappa shape index (κ2) is 8.31. The molecule has 1 N–H and O–H groups in total. The number of benzene rings is 1. The van der Waals surface area contributed by atoms with Gasteiger partial charge >= 0.3 is 6.03 Å². The number of hydrogen-bond acceptors (Lipinski definition) is 4. The zero-order chi connectivity index (χ0) is 17.5. The van der Waals surface area contributed by atoms with Gasteiger partial charge in [0.25, 0.3) is 0 Å². The molecule has 24 heavy (non-hydrogen) atoms. The maximum absolute atomic E-state index is 12.0. The highest BCUT2D eigenvalue weighted by molar-refractivity contribution is 5.88. The topological polar surface area (TPSA) is 63.7 Å². The first-order valence-corrected chi connectivity index (χ1v) is 7.72. The number of carbonyl (C=O) groups excluding carboxylic acids is 1. The summed E-state index contributed by atoms with van der Waals surface area (Å²) < 4.78 is 10.7. The molecule has 0 bridgehead atoms. The standard InChI is InChI=1S/C18H23N3O3/c1-13-5-7-16(11-14(13)2)24-17-8-6-15(12-19-17)20-18(22)21(3)9-10-23-4/h5-8,11-12H,9-10H2,1-4H3,(H,20,22). The summed E-state index contributed by atoms with van der Waals surface area (Å²) in [4.78, 5) is 17.7. The molecule has 128 valence electrons. The number of likely N-dealkylation sites (N-methyl/N-ethyl adjacent to an activating group) is 1. The Balaban J connectivity index is 1.95.